The van der Waals surface area contributed by atoms with Crippen molar-refractivity contribution in [3.8, 4) is 5.75 Å². The zero-order valence-electron chi connectivity index (χ0n) is 16.5. The van der Waals surface area contributed by atoms with Crippen LogP contribution in [0.4, 0.5) is 0 Å². The molecule has 2 aromatic carbocycles. The molecule has 1 saturated heterocycles. The summed E-state index contributed by atoms with van der Waals surface area (Å²) in [4.78, 5) is 12.8. The summed E-state index contributed by atoms with van der Waals surface area (Å²) >= 11 is 5.91. The Balaban J connectivity index is 1.85. The molecule has 0 bridgehead atoms. The summed E-state index contributed by atoms with van der Waals surface area (Å²) < 4.78 is 33.0. The molecule has 29 heavy (non-hydrogen) atoms. The summed E-state index contributed by atoms with van der Waals surface area (Å²) in [5, 5.41) is 3.52. The van der Waals surface area contributed by atoms with Crippen LogP contribution in [0.25, 0.3) is 0 Å². The quantitative estimate of drug-likeness (QED) is 0.742. The normalized spacial score (nSPS) is 16.2. The Labute approximate surface area is 176 Å². The Bertz CT molecular complexity index is 971. The van der Waals surface area contributed by atoms with Gasteiger partial charge in [0.2, 0.25) is 10.0 Å². The fourth-order valence-electron chi connectivity index (χ4n) is 3.38. The van der Waals surface area contributed by atoms with Gasteiger partial charge in [-0.3, -0.25) is 4.79 Å². The van der Waals surface area contributed by atoms with E-state index in [0.29, 0.717) is 18.1 Å². The molecule has 1 fully saturated rings. The van der Waals surface area contributed by atoms with Crippen LogP contribution in [-0.4, -0.2) is 38.8 Å². The highest BCUT2D eigenvalue weighted by atomic mass is 35.5. The zero-order valence-corrected chi connectivity index (χ0v) is 18.1. The first kappa shape index (κ1) is 21.6. The number of hydrogen-bond acceptors (Lipinski definition) is 4. The lowest BCUT2D eigenvalue weighted by molar-refractivity contribution is 0.0939. The Kier molecular flexibility index (Phi) is 6.82. The Morgan fingerprint density at radius 1 is 1.10 bits per heavy atom. The summed E-state index contributed by atoms with van der Waals surface area (Å²) in [6, 6.07) is 11.4. The Morgan fingerprint density at radius 2 is 1.76 bits per heavy atom. The summed E-state index contributed by atoms with van der Waals surface area (Å²) in [5.74, 6) is -0.122. The molecule has 0 aliphatic carbocycles. The van der Waals surface area contributed by atoms with Crippen molar-refractivity contribution < 1.29 is 17.9 Å². The van der Waals surface area contributed by atoms with Gasteiger partial charge in [0.1, 0.15) is 10.6 Å². The van der Waals surface area contributed by atoms with Gasteiger partial charge in [0, 0.05) is 23.7 Å². The molecule has 3 rings (SSSR count). The number of benzene rings is 2. The maximum absolute atomic E-state index is 13.1. The van der Waals surface area contributed by atoms with Crippen molar-refractivity contribution in [2.24, 2.45) is 0 Å². The van der Waals surface area contributed by atoms with Crippen molar-refractivity contribution in [2.45, 2.75) is 37.1 Å². The molecule has 1 amide bonds. The number of sulfonamides is 1. The lowest BCUT2D eigenvalue weighted by Gasteiger charge is -2.26. The minimum absolute atomic E-state index is 0.0219. The molecule has 156 valence electrons. The molecule has 1 aliphatic rings. The number of piperidine rings is 1. The molecule has 0 radical (unpaired) electrons. The van der Waals surface area contributed by atoms with Crippen LogP contribution in [0.2, 0.25) is 5.02 Å². The number of halogens is 1. The van der Waals surface area contributed by atoms with Gasteiger partial charge in [0.05, 0.1) is 13.2 Å². The van der Waals surface area contributed by atoms with E-state index in [9.17, 15) is 13.2 Å². The predicted molar refractivity (Wildman–Crippen MR) is 113 cm³/mol. The first-order valence-electron chi connectivity index (χ1n) is 9.57. The number of methoxy groups -OCH3 is 1. The second kappa shape index (κ2) is 9.15. The van der Waals surface area contributed by atoms with E-state index in [1.807, 2.05) is 19.1 Å². The third-order valence-electron chi connectivity index (χ3n) is 5.08. The van der Waals surface area contributed by atoms with Crippen LogP contribution < -0.4 is 10.1 Å². The van der Waals surface area contributed by atoms with E-state index in [1.54, 1.807) is 18.2 Å². The average Bonchev–Trinajstić information content (AvgIpc) is 2.74. The SMILES string of the molecule is COc1ccc(C(=O)NC(C)c2ccc(Cl)cc2)cc1S(=O)(=O)N1CCCCC1. The summed E-state index contributed by atoms with van der Waals surface area (Å²) in [6.07, 6.45) is 2.69. The Hall–Kier alpha value is -2.09. The number of carbonyl (C=O) groups is 1. The van der Waals surface area contributed by atoms with Gasteiger partial charge in [0.25, 0.3) is 5.91 Å². The molecule has 2 aromatic rings. The van der Waals surface area contributed by atoms with Gasteiger partial charge in [0.15, 0.2) is 0 Å². The number of amides is 1. The van der Waals surface area contributed by atoms with Crippen LogP contribution in [0.1, 0.15) is 48.1 Å². The van der Waals surface area contributed by atoms with E-state index in [4.69, 9.17) is 16.3 Å². The van der Waals surface area contributed by atoms with E-state index in [1.165, 1.54) is 23.5 Å². The molecule has 1 atom stereocenters. The molecule has 1 aliphatic heterocycles. The van der Waals surface area contributed by atoms with Gasteiger partial charge in [-0.25, -0.2) is 8.42 Å². The molecule has 1 N–H and O–H groups in total. The molecular weight excluding hydrogens is 412 g/mol. The number of ether oxygens (including phenoxy) is 1. The average molecular weight is 437 g/mol. The van der Waals surface area contributed by atoms with E-state index in [2.05, 4.69) is 5.32 Å². The first-order valence-corrected chi connectivity index (χ1v) is 11.4. The van der Waals surface area contributed by atoms with Gasteiger partial charge < -0.3 is 10.1 Å². The van der Waals surface area contributed by atoms with E-state index in [-0.39, 0.29) is 28.2 Å². The first-order chi connectivity index (χ1) is 13.8. The van der Waals surface area contributed by atoms with Gasteiger partial charge in [-0.15, -0.1) is 0 Å². The molecule has 0 saturated carbocycles. The second-order valence-electron chi connectivity index (χ2n) is 7.08. The number of nitrogens with one attached hydrogen (secondary N) is 1. The molecule has 1 heterocycles. The van der Waals surface area contributed by atoms with E-state index >= 15 is 0 Å². The van der Waals surface area contributed by atoms with Gasteiger partial charge in [-0.1, -0.05) is 30.2 Å². The standard InChI is InChI=1S/C21H25ClN2O4S/c1-15(16-6-9-18(22)10-7-16)23-21(25)17-8-11-19(28-2)20(14-17)29(26,27)24-12-4-3-5-13-24/h6-11,14-15H,3-5,12-13H2,1-2H3,(H,23,25). The van der Waals surface area contributed by atoms with Crippen LogP contribution in [0.15, 0.2) is 47.4 Å². The van der Waals surface area contributed by atoms with Crippen molar-refractivity contribution in [1.82, 2.24) is 9.62 Å². The topological polar surface area (TPSA) is 75.7 Å². The molecule has 8 heteroatoms. The van der Waals surface area contributed by atoms with Crippen LogP contribution in [-0.2, 0) is 10.0 Å². The molecule has 0 aromatic heterocycles. The molecular formula is C21H25ClN2O4S. The lowest BCUT2D eigenvalue weighted by Crippen LogP contribution is -2.36. The Morgan fingerprint density at radius 3 is 2.38 bits per heavy atom. The van der Waals surface area contributed by atoms with Crippen molar-refractivity contribution in [3.05, 3.63) is 58.6 Å². The number of nitrogens with zero attached hydrogens (tertiary/aromatic N) is 1. The van der Waals surface area contributed by atoms with E-state index < -0.39 is 10.0 Å². The lowest BCUT2D eigenvalue weighted by atomic mass is 10.1. The maximum Gasteiger partial charge on any atom is 0.251 e. The fourth-order valence-corrected chi connectivity index (χ4v) is 5.20. The number of carbonyl (C=O) groups excluding carboxylic acids is 1. The third kappa shape index (κ3) is 4.91. The van der Waals surface area contributed by atoms with Crippen LogP contribution in [0.5, 0.6) is 5.75 Å². The van der Waals surface area contributed by atoms with Crippen LogP contribution >= 0.6 is 11.6 Å². The zero-order chi connectivity index (χ0) is 21.0. The van der Waals surface area contributed by atoms with Crippen molar-refractivity contribution in [1.29, 1.82) is 0 Å². The highest BCUT2D eigenvalue weighted by Gasteiger charge is 2.29. The monoisotopic (exact) mass is 436 g/mol. The molecule has 6 nitrogen and oxygen atoms in total. The summed E-state index contributed by atoms with van der Waals surface area (Å²) in [7, 11) is -2.31. The van der Waals surface area contributed by atoms with Crippen LogP contribution in [0.3, 0.4) is 0 Å². The fraction of sp³-hybridized carbons (Fsp3) is 0.381. The minimum atomic E-state index is -3.73. The predicted octanol–water partition coefficient (Wildman–Crippen LogP) is 4.01. The van der Waals surface area contributed by atoms with Crippen molar-refractivity contribution in [3.63, 3.8) is 0 Å². The molecule has 0 spiro atoms. The molecule has 1 unspecified atom stereocenters. The summed E-state index contributed by atoms with van der Waals surface area (Å²) in [6.45, 7) is 2.82. The summed E-state index contributed by atoms with van der Waals surface area (Å²) in [5.41, 5.74) is 1.17. The highest BCUT2D eigenvalue weighted by molar-refractivity contribution is 7.89. The van der Waals surface area contributed by atoms with Gasteiger partial charge >= 0.3 is 0 Å². The van der Waals surface area contributed by atoms with Gasteiger partial charge in [-0.05, 0) is 55.7 Å². The van der Waals surface area contributed by atoms with Crippen LogP contribution in [0, 0.1) is 0 Å². The largest absolute Gasteiger partial charge is 0.495 e. The third-order valence-corrected chi connectivity index (χ3v) is 7.25. The van der Waals surface area contributed by atoms with Crippen molar-refractivity contribution in [2.75, 3.05) is 20.2 Å². The number of rotatable bonds is 6. The highest BCUT2D eigenvalue weighted by Crippen LogP contribution is 2.30. The smallest absolute Gasteiger partial charge is 0.251 e. The number of hydrogen-bond donors (Lipinski definition) is 1. The van der Waals surface area contributed by atoms with Gasteiger partial charge in [-0.2, -0.15) is 4.31 Å². The second-order valence-corrected chi connectivity index (χ2v) is 9.42. The van der Waals surface area contributed by atoms with E-state index in [0.717, 1.165) is 24.8 Å². The minimum Gasteiger partial charge on any atom is -0.495 e. The van der Waals surface area contributed by atoms with Crippen molar-refractivity contribution >= 4 is 27.5 Å². The maximum atomic E-state index is 13.1.